The molecule has 4 heteroatoms. The van der Waals surface area contributed by atoms with Gasteiger partial charge in [0.1, 0.15) is 0 Å². The van der Waals surface area contributed by atoms with E-state index in [0.717, 1.165) is 11.3 Å². The molecule has 13 heavy (non-hydrogen) atoms. The zero-order valence-corrected chi connectivity index (χ0v) is 8.15. The summed E-state index contributed by atoms with van der Waals surface area (Å²) in [5.74, 6) is 0. The van der Waals surface area contributed by atoms with Crippen LogP contribution < -0.4 is 10.4 Å². The molecule has 70 valence electrons. The van der Waals surface area contributed by atoms with Crippen LogP contribution in [0, 0.1) is 6.92 Å². The molecule has 1 aromatic rings. The maximum absolute atomic E-state index is 9.11. The average Bonchev–Trinajstić information content (AvgIpc) is 2.02. The van der Waals surface area contributed by atoms with Crippen LogP contribution in [0.15, 0.2) is 18.2 Å². The van der Waals surface area contributed by atoms with E-state index in [0.29, 0.717) is 5.46 Å². The van der Waals surface area contributed by atoms with Crippen molar-refractivity contribution in [1.82, 2.24) is 0 Å². The Kier molecular flexibility index (Phi) is 2.96. The molecule has 0 aliphatic heterocycles. The van der Waals surface area contributed by atoms with Crippen molar-refractivity contribution in [2.45, 2.75) is 6.92 Å². The normalized spacial score (nSPS) is 9.92. The van der Waals surface area contributed by atoms with Gasteiger partial charge in [0.2, 0.25) is 0 Å². The van der Waals surface area contributed by atoms with E-state index in [1.165, 1.54) is 0 Å². The number of aryl methyl sites for hydroxylation is 1. The van der Waals surface area contributed by atoms with Gasteiger partial charge in [0, 0.05) is 25.2 Å². The molecular formula is C9H14BNO2. The first-order valence-corrected chi connectivity index (χ1v) is 4.17. The third-order valence-electron chi connectivity index (χ3n) is 1.99. The van der Waals surface area contributed by atoms with Gasteiger partial charge < -0.3 is 14.9 Å². The zero-order valence-electron chi connectivity index (χ0n) is 8.15. The van der Waals surface area contributed by atoms with Gasteiger partial charge in [0.25, 0.3) is 0 Å². The minimum Gasteiger partial charge on any atom is -0.423 e. The van der Waals surface area contributed by atoms with E-state index in [4.69, 9.17) is 10.0 Å². The summed E-state index contributed by atoms with van der Waals surface area (Å²) in [6.45, 7) is 1.95. The summed E-state index contributed by atoms with van der Waals surface area (Å²) in [6, 6.07) is 5.48. The predicted octanol–water partition coefficient (Wildman–Crippen LogP) is -0.259. The van der Waals surface area contributed by atoms with Crippen molar-refractivity contribution >= 4 is 18.3 Å². The average molecular weight is 179 g/mol. The first-order valence-electron chi connectivity index (χ1n) is 4.17. The standard InChI is InChI=1S/C9H14BNO2/c1-7-5-4-6-8(10(12)13)9(7)11(2)3/h4-6,12-13H,1-3H3. The third-order valence-corrected chi connectivity index (χ3v) is 1.99. The summed E-state index contributed by atoms with van der Waals surface area (Å²) in [7, 11) is 2.36. The first kappa shape index (κ1) is 10.1. The van der Waals surface area contributed by atoms with Gasteiger partial charge in [0.05, 0.1) is 0 Å². The molecule has 2 N–H and O–H groups in total. The fourth-order valence-corrected chi connectivity index (χ4v) is 1.50. The molecule has 0 fully saturated rings. The Bertz CT molecular complexity index is 300. The lowest BCUT2D eigenvalue weighted by Gasteiger charge is -2.19. The van der Waals surface area contributed by atoms with Crippen LogP contribution in [0.4, 0.5) is 5.69 Å². The molecule has 0 radical (unpaired) electrons. The smallest absolute Gasteiger partial charge is 0.423 e. The molecule has 0 saturated carbocycles. The van der Waals surface area contributed by atoms with Gasteiger partial charge in [-0.25, -0.2) is 0 Å². The van der Waals surface area contributed by atoms with Crippen molar-refractivity contribution in [1.29, 1.82) is 0 Å². The highest BCUT2D eigenvalue weighted by Crippen LogP contribution is 2.14. The van der Waals surface area contributed by atoms with Crippen molar-refractivity contribution in [3.05, 3.63) is 23.8 Å². The highest BCUT2D eigenvalue weighted by Gasteiger charge is 2.17. The quantitative estimate of drug-likeness (QED) is 0.614. The maximum atomic E-state index is 9.11. The molecule has 0 saturated heterocycles. The van der Waals surface area contributed by atoms with E-state index in [2.05, 4.69) is 0 Å². The molecule has 0 atom stereocenters. The monoisotopic (exact) mass is 179 g/mol. The molecular weight excluding hydrogens is 165 g/mol. The van der Waals surface area contributed by atoms with E-state index in [9.17, 15) is 0 Å². The maximum Gasteiger partial charge on any atom is 0.490 e. The molecule has 0 aliphatic rings. The Labute approximate surface area is 78.8 Å². The molecule has 0 unspecified atom stereocenters. The van der Waals surface area contributed by atoms with Gasteiger partial charge in [-0.15, -0.1) is 0 Å². The summed E-state index contributed by atoms with van der Waals surface area (Å²) < 4.78 is 0. The Morgan fingerprint density at radius 3 is 2.23 bits per heavy atom. The summed E-state index contributed by atoms with van der Waals surface area (Å²) in [6.07, 6.45) is 0. The van der Waals surface area contributed by atoms with Crippen LogP contribution in [0.5, 0.6) is 0 Å². The second-order valence-corrected chi connectivity index (χ2v) is 3.28. The van der Waals surface area contributed by atoms with Crippen molar-refractivity contribution in [2.24, 2.45) is 0 Å². The largest absolute Gasteiger partial charge is 0.490 e. The zero-order chi connectivity index (χ0) is 10.0. The van der Waals surface area contributed by atoms with E-state index >= 15 is 0 Å². The fraction of sp³-hybridized carbons (Fsp3) is 0.333. The van der Waals surface area contributed by atoms with Crippen molar-refractivity contribution < 1.29 is 10.0 Å². The minimum absolute atomic E-state index is 0.546. The number of para-hydroxylation sites is 1. The lowest BCUT2D eigenvalue weighted by molar-refractivity contribution is 0.426. The molecule has 1 rings (SSSR count). The van der Waals surface area contributed by atoms with Crippen LogP contribution >= 0.6 is 0 Å². The van der Waals surface area contributed by atoms with Gasteiger partial charge in [-0.2, -0.15) is 0 Å². The van der Waals surface area contributed by atoms with Crippen LogP contribution in [0.2, 0.25) is 0 Å². The highest BCUT2D eigenvalue weighted by molar-refractivity contribution is 6.60. The van der Waals surface area contributed by atoms with Crippen molar-refractivity contribution in [3.63, 3.8) is 0 Å². The van der Waals surface area contributed by atoms with E-state index < -0.39 is 7.12 Å². The molecule has 0 spiro atoms. The number of anilines is 1. The predicted molar refractivity (Wildman–Crippen MR) is 55.3 cm³/mol. The Morgan fingerprint density at radius 2 is 1.85 bits per heavy atom. The number of rotatable bonds is 2. The molecule has 0 heterocycles. The van der Waals surface area contributed by atoms with Crippen molar-refractivity contribution in [3.8, 4) is 0 Å². The lowest BCUT2D eigenvalue weighted by atomic mass is 9.78. The molecule has 0 amide bonds. The van der Waals surface area contributed by atoms with Crippen LogP contribution in [0.3, 0.4) is 0 Å². The highest BCUT2D eigenvalue weighted by atomic mass is 16.4. The summed E-state index contributed by atoms with van der Waals surface area (Å²) in [4.78, 5) is 1.88. The first-order chi connectivity index (χ1) is 6.04. The fourth-order valence-electron chi connectivity index (χ4n) is 1.50. The number of hydrogen-bond donors (Lipinski definition) is 2. The third kappa shape index (κ3) is 2.02. The van der Waals surface area contributed by atoms with E-state index in [-0.39, 0.29) is 0 Å². The number of nitrogens with zero attached hydrogens (tertiary/aromatic N) is 1. The molecule has 0 aromatic heterocycles. The van der Waals surface area contributed by atoms with Gasteiger partial charge in [-0.1, -0.05) is 18.2 Å². The molecule has 3 nitrogen and oxygen atoms in total. The van der Waals surface area contributed by atoms with Gasteiger partial charge in [0.15, 0.2) is 0 Å². The number of hydrogen-bond acceptors (Lipinski definition) is 3. The summed E-state index contributed by atoms with van der Waals surface area (Å²) in [5.41, 5.74) is 2.46. The second-order valence-electron chi connectivity index (χ2n) is 3.28. The SMILES string of the molecule is Cc1cccc(B(O)O)c1N(C)C. The summed E-state index contributed by atoms with van der Waals surface area (Å²) in [5, 5.41) is 18.2. The van der Waals surface area contributed by atoms with E-state index in [1.54, 1.807) is 6.07 Å². The van der Waals surface area contributed by atoms with Crippen LogP contribution in [-0.2, 0) is 0 Å². The summed E-state index contributed by atoms with van der Waals surface area (Å²) >= 11 is 0. The van der Waals surface area contributed by atoms with Gasteiger partial charge >= 0.3 is 7.12 Å². The second kappa shape index (κ2) is 3.81. The molecule has 0 aliphatic carbocycles. The molecule has 0 bridgehead atoms. The van der Waals surface area contributed by atoms with Crippen LogP contribution in [0.1, 0.15) is 5.56 Å². The van der Waals surface area contributed by atoms with E-state index in [1.807, 2.05) is 38.1 Å². The van der Waals surface area contributed by atoms with Gasteiger partial charge in [-0.3, -0.25) is 0 Å². The topological polar surface area (TPSA) is 43.7 Å². The van der Waals surface area contributed by atoms with Gasteiger partial charge in [-0.05, 0) is 12.5 Å². The number of benzene rings is 1. The molecule has 1 aromatic carbocycles. The lowest BCUT2D eigenvalue weighted by Crippen LogP contribution is -2.35. The Morgan fingerprint density at radius 1 is 1.23 bits per heavy atom. The minimum atomic E-state index is -1.41. The van der Waals surface area contributed by atoms with Crippen molar-refractivity contribution in [2.75, 3.05) is 19.0 Å². The van der Waals surface area contributed by atoms with Crippen LogP contribution in [0.25, 0.3) is 0 Å². The Hall–Kier alpha value is -0.995. The Balaban J connectivity index is 3.26. The van der Waals surface area contributed by atoms with Crippen LogP contribution in [-0.4, -0.2) is 31.3 Å².